The molecule has 2 N–H and O–H groups in total. The predicted molar refractivity (Wildman–Crippen MR) is 110 cm³/mol. The van der Waals surface area contributed by atoms with Crippen molar-refractivity contribution in [3.05, 3.63) is 94.2 Å². The first-order chi connectivity index (χ1) is 13.3. The molecule has 1 aliphatic rings. The Bertz CT molecular complexity index is 809. The second-order valence-electron chi connectivity index (χ2n) is 7.12. The summed E-state index contributed by atoms with van der Waals surface area (Å²) in [6.07, 6.45) is 2.36. The Hall–Kier alpha value is -2.43. The van der Waals surface area contributed by atoms with Gasteiger partial charge in [-0.2, -0.15) is 0 Å². The largest absolute Gasteiger partial charge is 0.340 e. The lowest BCUT2D eigenvalue weighted by Crippen LogP contribution is -3.11. The first-order valence-corrected chi connectivity index (χ1v) is 10.5. The van der Waals surface area contributed by atoms with Gasteiger partial charge in [-0.05, 0) is 22.6 Å². The number of amides is 1. The summed E-state index contributed by atoms with van der Waals surface area (Å²) < 4.78 is 0. The van der Waals surface area contributed by atoms with Crippen LogP contribution >= 0.6 is 11.3 Å². The molecule has 2 aromatic carbocycles. The maximum Gasteiger partial charge on any atom is 0.275 e. The molecule has 1 unspecified atom stereocenters. The molecule has 1 aliphatic heterocycles. The third kappa shape index (κ3) is 4.29. The molecule has 1 aromatic heterocycles. The summed E-state index contributed by atoms with van der Waals surface area (Å²) in [7, 11) is 0. The van der Waals surface area contributed by atoms with E-state index in [0.29, 0.717) is 12.6 Å². The first kappa shape index (κ1) is 18.0. The number of rotatable bonds is 6. The van der Waals surface area contributed by atoms with Crippen LogP contribution in [0.4, 0.5) is 0 Å². The van der Waals surface area contributed by atoms with Crippen molar-refractivity contribution in [3.8, 4) is 0 Å². The van der Waals surface area contributed by atoms with Gasteiger partial charge in [0.15, 0.2) is 6.54 Å². The average Bonchev–Trinajstić information content (AvgIpc) is 3.39. The van der Waals surface area contributed by atoms with E-state index in [9.17, 15) is 4.79 Å². The zero-order valence-electron chi connectivity index (χ0n) is 15.3. The Morgan fingerprint density at radius 2 is 1.67 bits per heavy atom. The fourth-order valence-corrected chi connectivity index (χ4v) is 4.94. The van der Waals surface area contributed by atoms with Crippen molar-refractivity contribution in [3.63, 3.8) is 0 Å². The van der Waals surface area contributed by atoms with Gasteiger partial charge in [0.2, 0.25) is 0 Å². The van der Waals surface area contributed by atoms with Crippen molar-refractivity contribution in [2.24, 2.45) is 0 Å². The highest BCUT2D eigenvalue weighted by Crippen LogP contribution is 2.24. The quantitative estimate of drug-likeness (QED) is 0.678. The lowest BCUT2D eigenvalue weighted by Gasteiger charge is -2.23. The van der Waals surface area contributed by atoms with Crippen LogP contribution in [0.3, 0.4) is 0 Å². The van der Waals surface area contributed by atoms with Gasteiger partial charge in [0.25, 0.3) is 5.91 Å². The van der Waals surface area contributed by atoms with Crippen molar-refractivity contribution in [2.75, 3.05) is 13.1 Å². The molecule has 1 fully saturated rings. The number of thiophene rings is 1. The van der Waals surface area contributed by atoms with Crippen LogP contribution in [0, 0.1) is 0 Å². The second-order valence-corrected chi connectivity index (χ2v) is 8.10. The zero-order chi connectivity index (χ0) is 18.5. The fourth-order valence-electron chi connectivity index (χ4n) is 4.02. The summed E-state index contributed by atoms with van der Waals surface area (Å²) in [5.41, 5.74) is 2.23. The van der Waals surface area contributed by atoms with Gasteiger partial charge in [-0.25, -0.2) is 0 Å². The number of hydrogen-bond donors (Lipinski definition) is 2. The van der Waals surface area contributed by atoms with E-state index in [1.807, 2.05) is 36.4 Å². The van der Waals surface area contributed by atoms with Crippen molar-refractivity contribution in [1.82, 2.24) is 5.32 Å². The van der Waals surface area contributed by atoms with E-state index in [-0.39, 0.29) is 11.9 Å². The third-order valence-electron chi connectivity index (χ3n) is 5.33. The zero-order valence-corrected chi connectivity index (χ0v) is 16.1. The van der Waals surface area contributed by atoms with E-state index in [4.69, 9.17) is 0 Å². The van der Waals surface area contributed by atoms with Crippen molar-refractivity contribution in [2.45, 2.75) is 24.9 Å². The van der Waals surface area contributed by atoms with E-state index in [2.05, 4.69) is 47.1 Å². The molecule has 4 heteroatoms. The Morgan fingerprint density at radius 3 is 2.26 bits per heavy atom. The van der Waals surface area contributed by atoms with Gasteiger partial charge in [0, 0.05) is 12.8 Å². The molecule has 0 saturated carbocycles. The van der Waals surface area contributed by atoms with Gasteiger partial charge in [-0.15, -0.1) is 11.3 Å². The van der Waals surface area contributed by atoms with Crippen LogP contribution in [0.15, 0.2) is 78.2 Å². The molecule has 0 radical (unpaired) electrons. The minimum absolute atomic E-state index is 0.109. The summed E-state index contributed by atoms with van der Waals surface area (Å²) >= 11 is 1.81. The number of carbonyl (C=O) groups excluding carboxylic acids is 1. The van der Waals surface area contributed by atoms with E-state index >= 15 is 0 Å². The van der Waals surface area contributed by atoms with E-state index in [1.165, 1.54) is 22.6 Å². The highest BCUT2D eigenvalue weighted by Gasteiger charge is 2.32. The molecule has 0 spiro atoms. The Morgan fingerprint density at radius 1 is 1.00 bits per heavy atom. The number of carbonyl (C=O) groups is 1. The van der Waals surface area contributed by atoms with Gasteiger partial charge >= 0.3 is 0 Å². The van der Waals surface area contributed by atoms with Gasteiger partial charge in [-0.1, -0.05) is 66.7 Å². The lowest BCUT2D eigenvalue weighted by molar-refractivity contribution is -0.910. The molecule has 2 heterocycles. The van der Waals surface area contributed by atoms with Crippen LogP contribution in [0.2, 0.25) is 0 Å². The number of benzene rings is 2. The van der Waals surface area contributed by atoms with Crippen molar-refractivity contribution < 1.29 is 9.69 Å². The standard InChI is InChI=1S/C23H24N2OS/c26-22(17-25-15-7-13-20(25)21-14-8-16-27-21)24-23(18-9-3-1-4-10-18)19-11-5-2-6-12-19/h1-6,8-12,14,16,20,23H,7,13,15,17H2,(H,24,26)/p+1/t20-/m1/s1. The van der Waals surface area contributed by atoms with Gasteiger partial charge in [-0.3, -0.25) is 4.79 Å². The fraction of sp³-hybridized carbons (Fsp3) is 0.261. The Labute approximate surface area is 164 Å². The molecule has 3 nitrogen and oxygen atoms in total. The van der Waals surface area contributed by atoms with Gasteiger partial charge < -0.3 is 10.2 Å². The first-order valence-electron chi connectivity index (χ1n) is 9.58. The minimum atomic E-state index is -0.109. The number of nitrogens with one attached hydrogen (secondary N) is 2. The SMILES string of the molecule is O=C(C[NH+]1CCC[C@@H]1c1cccs1)NC(c1ccccc1)c1ccccc1. The smallest absolute Gasteiger partial charge is 0.275 e. The number of quaternary nitrogens is 1. The molecule has 1 saturated heterocycles. The Balaban J connectivity index is 1.49. The summed E-state index contributed by atoms with van der Waals surface area (Å²) in [6, 6.07) is 25.1. The molecular formula is C23H25N2OS+. The van der Waals surface area contributed by atoms with E-state index in [1.54, 1.807) is 11.3 Å². The summed E-state index contributed by atoms with van der Waals surface area (Å²) in [5, 5.41) is 5.42. The van der Waals surface area contributed by atoms with Crippen LogP contribution in [-0.4, -0.2) is 19.0 Å². The maximum atomic E-state index is 12.9. The van der Waals surface area contributed by atoms with Gasteiger partial charge in [0.05, 0.1) is 17.5 Å². The maximum absolute atomic E-state index is 12.9. The molecule has 1 amide bonds. The van der Waals surface area contributed by atoms with Crippen LogP contribution in [0.5, 0.6) is 0 Å². The lowest BCUT2D eigenvalue weighted by atomic mass is 9.98. The minimum Gasteiger partial charge on any atom is -0.340 e. The van der Waals surface area contributed by atoms with E-state index < -0.39 is 0 Å². The van der Waals surface area contributed by atoms with Crippen molar-refractivity contribution in [1.29, 1.82) is 0 Å². The highest BCUT2D eigenvalue weighted by atomic mass is 32.1. The average molecular weight is 378 g/mol. The Kier molecular flexibility index (Phi) is 5.66. The monoisotopic (exact) mass is 377 g/mol. The predicted octanol–water partition coefficient (Wildman–Crippen LogP) is 3.37. The van der Waals surface area contributed by atoms with Crippen molar-refractivity contribution >= 4 is 17.2 Å². The molecular weight excluding hydrogens is 352 g/mol. The molecule has 2 atom stereocenters. The van der Waals surface area contributed by atoms with Crippen LogP contribution in [-0.2, 0) is 4.79 Å². The molecule has 0 aliphatic carbocycles. The summed E-state index contributed by atoms with van der Waals surface area (Å²) in [5.74, 6) is 0.117. The highest BCUT2D eigenvalue weighted by molar-refractivity contribution is 7.10. The van der Waals surface area contributed by atoms with E-state index in [0.717, 1.165) is 17.7 Å². The molecule has 0 bridgehead atoms. The number of likely N-dealkylation sites (tertiary alicyclic amines) is 1. The normalized spacial score (nSPS) is 19.3. The second kappa shape index (κ2) is 8.51. The summed E-state index contributed by atoms with van der Waals surface area (Å²) in [4.78, 5) is 15.7. The van der Waals surface area contributed by atoms with Crippen LogP contribution in [0.25, 0.3) is 0 Å². The number of hydrogen-bond acceptors (Lipinski definition) is 2. The van der Waals surface area contributed by atoms with Crippen LogP contribution < -0.4 is 10.2 Å². The molecule has 27 heavy (non-hydrogen) atoms. The molecule has 138 valence electrons. The third-order valence-corrected chi connectivity index (χ3v) is 6.31. The molecule has 3 aromatic rings. The molecule has 4 rings (SSSR count). The summed E-state index contributed by atoms with van der Waals surface area (Å²) in [6.45, 7) is 1.59. The van der Waals surface area contributed by atoms with Crippen LogP contribution in [0.1, 0.15) is 40.9 Å². The topological polar surface area (TPSA) is 33.5 Å². The van der Waals surface area contributed by atoms with Gasteiger partial charge in [0.1, 0.15) is 6.04 Å².